The Morgan fingerprint density at radius 1 is 0.941 bits per heavy atom. The van der Waals surface area contributed by atoms with Gasteiger partial charge in [0.1, 0.15) is 5.75 Å². The molecule has 0 aliphatic rings. The molecular formula is C25H38N2O6S. The van der Waals surface area contributed by atoms with Gasteiger partial charge in [-0.05, 0) is 68.0 Å². The maximum atomic E-state index is 11.6. The van der Waals surface area contributed by atoms with Crippen LogP contribution in [-0.4, -0.2) is 50.0 Å². The van der Waals surface area contributed by atoms with Gasteiger partial charge in [-0.1, -0.05) is 37.1 Å². The molecule has 190 valence electrons. The zero-order valence-corrected chi connectivity index (χ0v) is 20.5. The summed E-state index contributed by atoms with van der Waals surface area (Å²) in [5.41, 5.74) is 1.83. The van der Waals surface area contributed by atoms with E-state index in [1.807, 2.05) is 6.07 Å². The highest BCUT2D eigenvalue weighted by Gasteiger charge is 2.12. The zero-order chi connectivity index (χ0) is 24.8. The van der Waals surface area contributed by atoms with E-state index in [-0.39, 0.29) is 17.3 Å². The van der Waals surface area contributed by atoms with Gasteiger partial charge in [0.2, 0.25) is 10.0 Å². The van der Waals surface area contributed by atoms with Crippen molar-refractivity contribution in [1.29, 1.82) is 0 Å². The third-order valence-corrected chi connectivity index (χ3v) is 6.66. The number of aliphatic hydroxyl groups excluding tert-OH is 2. The molecule has 0 fully saturated rings. The Morgan fingerprint density at radius 2 is 1.65 bits per heavy atom. The highest BCUT2D eigenvalue weighted by Crippen LogP contribution is 2.22. The number of nitrogens with one attached hydrogen (secondary N) is 1. The first kappa shape index (κ1) is 28.2. The summed E-state index contributed by atoms with van der Waals surface area (Å²) in [4.78, 5) is 0.205. The summed E-state index contributed by atoms with van der Waals surface area (Å²) in [6.45, 7) is 2.34. The van der Waals surface area contributed by atoms with Crippen molar-refractivity contribution in [3.8, 4) is 5.75 Å². The van der Waals surface area contributed by atoms with Gasteiger partial charge in [0.05, 0.1) is 17.6 Å². The number of phenols is 1. The Bertz CT molecular complexity index is 968. The number of benzene rings is 2. The maximum Gasteiger partial charge on any atom is 0.238 e. The topological polar surface area (TPSA) is 142 Å². The van der Waals surface area contributed by atoms with E-state index < -0.39 is 16.1 Å². The molecule has 0 bridgehead atoms. The van der Waals surface area contributed by atoms with Crippen molar-refractivity contribution in [3.05, 3.63) is 59.2 Å². The molecule has 2 rings (SSSR count). The van der Waals surface area contributed by atoms with Crippen LogP contribution in [0.15, 0.2) is 47.4 Å². The first-order valence-electron chi connectivity index (χ1n) is 11.8. The summed E-state index contributed by atoms with van der Waals surface area (Å²) >= 11 is 0. The summed E-state index contributed by atoms with van der Waals surface area (Å²) in [6.07, 6.45) is 5.83. The molecule has 0 aliphatic heterocycles. The number of aryl methyl sites for hydroxylation is 1. The Kier molecular flexibility index (Phi) is 12.5. The van der Waals surface area contributed by atoms with E-state index in [9.17, 15) is 23.7 Å². The van der Waals surface area contributed by atoms with Crippen LogP contribution in [-0.2, 0) is 27.8 Å². The Morgan fingerprint density at radius 3 is 2.38 bits per heavy atom. The van der Waals surface area contributed by atoms with Gasteiger partial charge in [0.15, 0.2) is 0 Å². The van der Waals surface area contributed by atoms with Gasteiger partial charge in [0.25, 0.3) is 0 Å². The minimum absolute atomic E-state index is 0.0290. The summed E-state index contributed by atoms with van der Waals surface area (Å²) in [6, 6.07) is 11.6. The SMILES string of the molecule is NS(=O)(=O)c1ccccc1CCCCOCCCCCCNC[C@@H](O)c1ccc(O)c(CO)c1. The van der Waals surface area contributed by atoms with Crippen molar-refractivity contribution in [1.82, 2.24) is 5.32 Å². The molecule has 8 nitrogen and oxygen atoms in total. The van der Waals surface area contributed by atoms with Crippen LogP contribution in [0.25, 0.3) is 0 Å². The Labute approximate surface area is 202 Å². The number of unbranched alkanes of at least 4 members (excludes halogenated alkanes) is 4. The van der Waals surface area contributed by atoms with Crippen molar-refractivity contribution >= 4 is 10.0 Å². The third-order valence-electron chi connectivity index (χ3n) is 5.65. The first-order chi connectivity index (χ1) is 16.3. The monoisotopic (exact) mass is 494 g/mol. The quantitative estimate of drug-likeness (QED) is 0.213. The molecule has 0 aromatic heterocycles. The lowest BCUT2D eigenvalue weighted by atomic mass is 10.1. The van der Waals surface area contributed by atoms with Crippen LogP contribution in [0, 0.1) is 0 Å². The van der Waals surface area contributed by atoms with E-state index >= 15 is 0 Å². The van der Waals surface area contributed by atoms with Crippen molar-refractivity contribution in [2.75, 3.05) is 26.3 Å². The fourth-order valence-corrected chi connectivity index (χ4v) is 4.52. The number of sulfonamides is 1. The molecule has 6 N–H and O–H groups in total. The lowest BCUT2D eigenvalue weighted by molar-refractivity contribution is 0.126. The van der Waals surface area contributed by atoms with E-state index in [0.717, 1.165) is 50.6 Å². The van der Waals surface area contributed by atoms with Crippen molar-refractivity contribution in [2.24, 2.45) is 5.14 Å². The molecule has 0 radical (unpaired) electrons. The number of nitrogens with two attached hydrogens (primary N) is 1. The van der Waals surface area contributed by atoms with E-state index in [0.29, 0.717) is 37.3 Å². The fraction of sp³-hybridized carbons (Fsp3) is 0.520. The van der Waals surface area contributed by atoms with Gasteiger partial charge >= 0.3 is 0 Å². The molecule has 0 saturated heterocycles. The molecule has 9 heteroatoms. The van der Waals surface area contributed by atoms with Gasteiger partial charge < -0.3 is 25.4 Å². The molecule has 34 heavy (non-hydrogen) atoms. The minimum atomic E-state index is -3.69. The molecule has 2 aromatic rings. The minimum Gasteiger partial charge on any atom is -0.508 e. The molecule has 0 spiro atoms. The van der Waals surface area contributed by atoms with Gasteiger partial charge in [-0.25, -0.2) is 13.6 Å². The number of ether oxygens (including phenoxy) is 1. The molecule has 0 heterocycles. The summed E-state index contributed by atoms with van der Waals surface area (Å²) in [5, 5.41) is 37.5. The Balaban J connectivity index is 1.45. The fourth-order valence-electron chi connectivity index (χ4n) is 3.71. The zero-order valence-electron chi connectivity index (χ0n) is 19.7. The molecule has 0 unspecified atom stereocenters. The van der Waals surface area contributed by atoms with Crippen molar-refractivity contribution < 1.29 is 28.5 Å². The first-order valence-corrected chi connectivity index (χ1v) is 13.4. The van der Waals surface area contributed by atoms with Crippen molar-refractivity contribution in [2.45, 2.75) is 62.6 Å². The Hall–Kier alpha value is -2.01. The number of hydrogen-bond donors (Lipinski definition) is 5. The maximum absolute atomic E-state index is 11.6. The summed E-state index contributed by atoms with van der Waals surface area (Å²) in [7, 11) is -3.69. The number of hydrogen-bond acceptors (Lipinski definition) is 7. The number of rotatable bonds is 17. The molecule has 2 aromatic carbocycles. The molecule has 0 aliphatic carbocycles. The second-order valence-electron chi connectivity index (χ2n) is 8.40. The average Bonchev–Trinajstić information content (AvgIpc) is 2.81. The van der Waals surface area contributed by atoms with Crippen LogP contribution >= 0.6 is 0 Å². The molecule has 0 amide bonds. The van der Waals surface area contributed by atoms with Gasteiger partial charge in [0, 0.05) is 25.3 Å². The average molecular weight is 495 g/mol. The summed E-state index contributed by atoms with van der Waals surface area (Å²) < 4.78 is 28.9. The number of aliphatic hydroxyl groups is 2. The summed E-state index contributed by atoms with van der Waals surface area (Å²) in [5.74, 6) is 0.0290. The van der Waals surface area contributed by atoms with Crippen molar-refractivity contribution in [3.63, 3.8) is 0 Å². The van der Waals surface area contributed by atoms with Crippen LogP contribution in [0.1, 0.15) is 61.3 Å². The van der Waals surface area contributed by atoms with Gasteiger partial charge in [-0.15, -0.1) is 0 Å². The molecule has 0 saturated carbocycles. The van der Waals surface area contributed by atoms with E-state index in [1.165, 1.54) is 6.07 Å². The second kappa shape index (κ2) is 15.1. The number of aromatic hydroxyl groups is 1. The second-order valence-corrected chi connectivity index (χ2v) is 9.93. The van der Waals surface area contributed by atoms with Crippen LogP contribution in [0.5, 0.6) is 5.75 Å². The largest absolute Gasteiger partial charge is 0.508 e. The molecule has 1 atom stereocenters. The predicted molar refractivity (Wildman–Crippen MR) is 132 cm³/mol. The third kappa shape index (κ3) is 10.1. The van der Waals surface area contributed by atoms with E-state index in [4.69, 9.17) is 9.88 Å². The molecular weight excluding hydrogens is 456 g/mol. The van der Waals surface area contributed by atoms with Crippen LogP contribution < -0.4 is 10.5 Å². The normalized spacial score (nSPS) is 12.7. The standard InChI is InChI=1S/C25H38N2O6S/c26-34(31,32)25-11-4-3-9-20(25)10-5-8-16-33-15-7-2-1-6-14-27-18-24(30)21-12-13-23(29)22(17-21)19-28/h3-4,9,11-13,17,24,27-30H,1-2,5-8,10,14-16,18-19H2,(H2,26,31,32)/t24-/m1/s1. The lowest BCUT2D eigenvalue weighted by Crippen LogP contribution is -2.22. The lowest BCUT2D eigenvalue weighted by Gasteiger charge is -2.14. The van der Waals surface area contributed by atoms with Crippen LogP contribution in [0.4, 0.5) is 0 Å². The smallest absolute Gasteiger partial charge is 0.238 e. The highest BCUT2D eigenvalue weighted by molar-refractivity contribution is 7.89. The highest BCUT2D eigenvalue weighted by atomic mass is 32.2. The van der Waals surface area contributed by atoms with Crippen LogP contribution in [0.2, 0.25) is 0 Å². The van der Waals surface area contributed by atoms with Crippen LogP contribution in [0.3, 0.4) is 0 Å². The van der Waals surface area contributed by atoms with E-state index in [2.05, 4.69) is 5.32 Å². The van der Waals surface area contributed by atoms with Gasteiger partial charge in [-0.2, -0.15) is 0 Å². The van der Waals surface area contributed by atoms with E-state index in [1.54, 1.807) is 30.3 Å². The van der Waals surface area contributed by atoms with Gasteiger partial charge in [-0.3, -0.25) is 0 Å². The number of primary sulfonamides is 1. The predicted octanol–water partition coefficient (Wildman–Crippen LogP) is 2.75.